The van der Waals surface area contributed by atoms with E-state index in [0.717, 1.165) is 37.2 Å². The van der Waals surface area contributed by atoms with Gasteiger partial charge in [-0.15, -0.1) is 11.3 Å². The summed E-state index contributed by atoms with van der Waals surface area (Å²) in [4.78, 5) is 33.7. The molecule has 9 heteroatoms. The first-order chi connectivity index (χ1) is 15.5. The molecule has 3 aromatic rings. The van der Waals surface area contributed by atoms with Gasteiger partial charge >= 0.3 is 0 Å². The van der Waals surface area contributed by atoms with Gasteiger partial charge in [-0.25, -0.2) is 4.98 Å². The highest BCUT2D eigenvalue weighted by Gasteiger charge is 2.23. The minimum absolute atomic E-state index is 0.0804. The molecule has 0 unspecified atom stereocenters. The number of amides is 2. The number of furan rings is 1. The number of likely N-dealkylation sites (tertiary alicyclic amines) is 1. The monoisotopic (exact) mass is 472 g/mol. The van der Waals surface area contributed by atoms with Crippen LogP contribution >= 0.6 is 22.9 Å². The molecule has 0 aliphatic carbocycles. The Morgan fingerprint density at radius 3 is 2.84 bits per heavy atom. The van der Waals surface area contributed by atoms with Gasteiger partial charge in [0.05, 0.1) is 12.8 Å². The normalized spacial score (nSPS) is 13.4. The Morgan fingerprint density at radius 1 is 1.28 bits per heavy atom. The average Bonchev–Trinajstić information content (AvgIpc) is 3.55. The van der Waals surface area contributed by atoms with Crippen LogP contribution < -0.4 is 5.32 Å². The molecule has 1 N–H and O–H groups in total. The number of thiazole rings is 1. The van der Waals surface area contributed by atoms with Crippen LogP contribution in [0.2, 0.25) is 5.02 Å². The van der Waals surface area contributed by atoms with Crippen molar-refractivity contribution in [1.29, 1.82) is 0 Å². The number of benzene rings is 1. The van der Waals surface area contributed by atoms with Gasteiger partial charge in [0.25, 0.3) is 5.91 Å². The SMILES string of the molecule is Cc1ccc(Cl)cc1Nc1nc(C(=O)N(CCC(=O)N2CCCC2)Cc2ccco2)cs1. The highest BCUT2D eigenvalue weighted by Crippen LogP contribution is 2.27. The molecule has 2 amide bonds. The summed E-state index contributed by atoms with van der Waals surface area (Å²) < 4.78 is 5.43. The van der Waals surface area contributed by atoms with E-state index >= 15 is 0 Å². The first-order valence-corrected chi connectivity index (χ1v) is 11.8. The Kier molecular flexibility index (Phi) is 7.12. The Hall–Kier alpha value is -2.84. The standard InChI is InChI=1S/C23H25ClN4O3S/c1-16-6-7-17(24)13-19(16)25-23-26-20(15-32-23)22(30)28(14-18-5-4-12-31-18)11-8-21(29)27-9-2-3-10-27/h4-7,12-13,15H,2-3,8-11,14H2,1H3,(H,25,26). The number of aryl methyl sites for hydroxylation is 1. The first-order valence-electron chi connectivity index (χ1n) is 10.6. The van der Waals surface area contributed by atoms with E-state index in [0.29, 0.717) is 28.2 Å². The number of rotatable bonds is 8. The smallest absolute Gasteiger partial charge is 0.273 e. The fourth-order valence-electron chi connectivity index (χ4n) is 3.63. The number of nitrogens with zero attached hydrogens (tertiary/aromatic N) is 3. The number of nitrogens with one attached hydrogen (secondary N) is 1. The van der Waals surface area contributed by atoms with Gasteiger partial charge in [-0.1, -0.05) is 17.7 Å². The number of hydrogen-bond acceptors (Lipinski definition) is 6. The molecule has 3 heterocycles. The zero-order valence-corrected chi connectivity index (χ0v) is 19.4. The number of halogens is 1. The molecule has 4 rings (SSSR count). The molecular formula is C23H25ClN4O3S. The first kappa shape index (κ1) is 22.4. The molecule has 32 heavy (non-hydrogen) atoms. The molecule has 7 nitrogen and oxygen atoms in total. The van der Waals surface area contributed by atoms with Crippen LogP contribution in [0, 0.1) is 6.92 Å². The summed E-state index contributed by atoms with van der Waals surface area (Å²) >= 11 is 7.44. The maximum Gasteiger partial charge on any atom is 0.273 e. The van der Waals surface area contributed by atoms with Crippen molar-refractivity contribution in [2.75, 3.05) is 25.0 Å². The second-order valence-corrected chi connectivity index (χ2v) is 9.06. The van der Waals surface area contributed by atoms with Crippen LogP contribution in [-0.2, 0) is 11.3 Å². The summed E-state index contributed by atoms with van der Waals surface area (Å²) in [5, 5.41) is 6.18. The molecule has 2 aromatic heterocycles. The molecule has 0 atom stereocenters. The maximum atomic E-state index is 13.2. The zero-order valence-electron chi connectivity index (χ0n) is 17.8. The lowest BCUT2D eigenvalue weighted by Gasteiger charge is -2.22. The van der Waals surface area contributed by atoms with Crippen LogP contribution in [0.5, 0.6) is 0 Å². The van der Waals surface area contributed by atoms with Crippen molar-refractivity contribution in [3.63, 3.8) is 0 Å². The van der Waals surface area contributed by atoms with E-state index in [2.05, 4.69) is 10.3 Å². The fourth-order valence-corrected chi connectivity index (χ4v) is 4.50. The average molecular weight is 473 g/mol. The van der Waals surface area contributed by atoms with Gasteiger partial charge in [-0.2, -0.15) is 0 Å². The van der Waals surface area contributed by atoms with Gasteiger partial charge < -0.3 is 19.5 Å². The van der Waals surface area contributed by atoms with Crippen LogP contribution in [0.1, 0.15) is 41.1 Å². The van der Waals surface area contributed by atoms with E-state index in [9.17, 15) is 9.59 Å². The molecule has 1 aliphatic rings. The van der Waals surface area contributed by atoms with E-state index < -0.39 is 0 Å². The Labute approximate surface area is 196 Å². The van der Waals surface area contributed by atoms with Crippen molar-refractivity contribution in [1.82, 2.24) is 14.8 Å². The van der Waals surface area contributed by atoms with Crippen molar-refractivity contribution in [3.05, 3.63) is 64.0 Å². The van der Waals surface area contributed by atoms with Crippen molar-refractivity contribution in [3.8, 4) is 0 Å². The van der Waals surface area contributed by atoms with Crippen molar-refractivity contribution in [2.24, 2.45) is 0 Å². The summed E-state index contributed by atoms with van der Waals surface area (Å²) in [6, 6.07) is 9.18. The van der Waals surface area contributed by atoms with E-state index in [1.165, 1.54) is 11.3 Å². The van der Waals surface area contributed by atoms with Crippen molar-refractivity contribution >= 4 is 45.6 Å². The zero-order chi connectivity index (χ0) is 22.5. The predicted molar refractivity (Wildman–Crippen MR) is 125 cm³/mol. The van der Waals surface area contributed by atoms with Crippen LogP contribution in [0.3, 0.4) is 0 Å². The number of carbonyl (C=O) groups excluding carboxylic acids is 2. The van der Waals surface area contributed by atoms with Crippen molar-refractivity contribution in [2.45, 2.75) is 32.7 Å². The third kappa shape index (κ3) is 5.49. The minimum atomic E-state index is -0.234. The van der Waals surface area contributed by atoms with Gasteiger partial charge in [0, 0.05) is 42.1 Å². The second-order valence-electron chi connectivity index (χ2n) is 7.77. The van der Waals surface area contributed by atoms with Gasteiger partial charge in [0.1, 0.15) is 11.5 Å². The van der Waals surface area contributed by atoms with Gasteiger partial charge in [0.15, 0.2) is 5.13 Å². The minimum Gasteiger partial charge on any atom is -0.467 e. The molecule has 0 spiro atoms. The van der Waals surface area contributed by atoms with E-state index in [4.69, 9.17) is 16.0 Å². The van der Waals surface area contributed by atoms with Crippen LogP contribution in [-0.4, -0.2) is 46.2 Å². The Bertz CT molecular complexity index is 1080. The number of carbonyl (C=O) groups is 2. The Balaban J connectivity index is 1.46. The van der Waals surface area contributed by atoms with Crippen LogP contribution in [0.4, 0.5) is 10.8 Å². The lowest BCUT2D eigenvalue weighted by atomic mass is 10.2. The third-order valence-electron chi connectivity index (χ3n) is 5.43. The number of aromatic nitrogens is 1. The molecule has 0 saturated carbocycles. The molecule has 168 valence electrons. The summed E-state index contributed by atoms with van der Waals surface area (Å²) in [5.74, 6) is 0.509. The lowest BCUT2D eigenvalue weighted by Crippen LogP contribution is -2.36. The quantitative estimate of drug-likeness (QED) is 0.493. The lowest BCUT2D eigenvalue weighted by molar-refractivity contribution is -0.130. The molecule has 1 fully saturated rings. The second kappa shape index (κ2) is 10.2. The van der Waals surface area contributed by atoms with E-state index in [-0.39, 0.29) is 24.8 Å². The molecule has 0 bridgehead atoms. The highest BCUT2D eigenvalue weighted by atomic mass is 35.5. The summed E-state index contributed by atoms with van der Waals surface area (Å²) in [6.45, 7) is 4.17. The molecule has 1 saturated heterocycles. The molecule has 1 aliphatic heterocycles. The number of hydrogen-bond donors (Lipinski definition) is 1. The molecule has 0 radical (unpaired) electrons. The van der Waals surface area contributed by atoms with E-state index in [1.54, 1.807) is 22.6 Å². The summed E-state index contributed by atoms with van der Waals surface area (Å²) in [6.07, 6.45) is 3.94. The Morgan fingerprint density at radius 2 is 2.09 bits per heavy atom. The van der Waals surface area contributed by atoms with Gasteiger partial charge in [0.2, 0.25) is 5.91 Å². The number of anilines is 2. The predicted octanol–water partition coefficient (Wildman–Crippen LogP) is 5.10. The topological polar surface area (TPSA) is 78.7 Å². The third-order valence-corrected chi connectivity index (χ3v) is 6.43. The fraction of sp³-hybridized carbons (Fsp3) is 0.348. The summed E-state index contributed by atoms with van der Waals surface area (Å²) in [7, 11) is 0. The van der Waals surface area contributed by atoms with E-state index in [1.807, 2.05) is 36.1 Å². The summed E-state index contributed by atoms with van der Waals surface area (Å²) in [5.41, 5.74) is 2.20. The van der Waals surface area contributed by atoms with Crippen LogP contribution in [0.25, 0.3) is 0 Å². The largest absolute Gasteiger partial charge is 0.467 e. The van der Waals surface area contributed by atoms with Crippen molar-refractivity contribution < 1.29 is 14.0 Å². The van der Waals surface area contributed by atoms with Crippen LogP contribution in [0.15, 0.2) is 46.4 Å². The highest BCUT2D eigenvalue weighted by molar-refractivity contribution is 7.14. The van der Waals surface area contributed by atoms with Gasteiger partial charge in [-0.05, 0) is 49.6 Å². The van der Waals surface area contributed by atoms with Gasteiger partial charge in [-0.3, -0.25) is 9.59 Å². The molecular weight excluding hydrogens is 448 g/mol. The maximum absolute atomic E-state index is 13.2. The molecule has 1 aromatic carbocycles.